The highest BCUT2D eigenvalue weighted by Gasteiger charge is 2.40. The second-order valence-electron chi connectivity index (χ2n) is 5.49. The molecule has 1 aromatic heterocycles. The van der Waals surface area contributed by atoms with Crippen LogP contribution in [0.5, 0.6) is 0 Å². The molecule has 2 heterocycles. The smallest absolute Gasteiger partial charge is 0.270 e. The van der Waals surface area contributed by atoms with Gasteiger partial charge in [0.1, 0.15) is 5.76 Å². The number of aromatic nitrogens is 1. The summed E-state index contributed by atoms with van der Waals surface area (Å²) in [6.45, 7) is 5.53. The van der Waals surface area contributed by atoms with Gasteiger partial charge in [0.05, 0.1) is 12.2 Å². The quantitative estimate of drug-likeness (QED) is 0.643. The van der Waals surface area contributed by atoms with Gasteiger partial charge in [-0.25, -0.2) is 9.88 Å². The van der Waals surface area contributed by atoms with Crippen molar-refractivity contribution in [3.63, 3.8) is 0 Å². The summed E-state index contributed by atoms with van der Waals surface area (Å²) in [5.74, 6) is 0.0877. The molecule has 0 saturated carbocycles. The molecule has 0 unspecified atom stereocenters. The fourth-order valence-corrected chi connectivity index (χ4v) is 2.87. The van der Waals surface area contributed by atoms with Crippen molar-refractivity contribution in [3.8, 4) is 0 Å². The van der Waals surface area contributed by atoms with Gasteiger partial charge in [-0.3, -0.25) is 9.59 Å². The highest BCUT2D eigenvalue weighted by atomic mass is 16.5. The number of nitrogens with zero attached hydrogens (tertiary/aromatic N) is 2. The molecule has 5 nitrogen and oxygen atoms in total. The summed E-state index contributed by atoms with van der Waals surface area (Å²) in [6, 6.07) is 11.3. The number of fused-ring (bicyclic) bond motifs is 1. The third-order valence-corrected chi connectivity index (χ3v) is 3.88. The lowest BCUT2D eigenvalue weighted by molar-refractivity contribution is -0.122. The van der Waals surface area contributed by atoms with Gasteiger partial charge in [-0.1, -0.05) is 30.3 Å². The summed E-state index contributed by atoms with van der Waals surface area (Å²) in [5.41, 5.74) is 2.71. The van der Waals surface area contributed by atoms with E-state index in [1.54, 1.807) is 6.20 Å². The minimum Gasteiger partial charge on any atom is -0.492 e. The number of anilines is 1. The fraction of sp³-hybridized carbons (Fsp3) is 0.211. The molecule has 24 heavy (non-hydrogen) atoms. The van der Waals surface area contributed by atoms with Crippen LogP contribution in [0.15, 0.2) is 42.6 Å². The largest absolute Gasteiger partial charge is 0.492 e. The van der Waals surface area contributed by atoms with Gasteiger partial charge in [-0.05, 0) is 25.5 Å². The van der Waals surface area contributed by atoms with Gasteiger partial charge in [0.15, 0.2) is 5.82 Å². The van der Waals surface area contributed by atoms with Crippen molar-refractivity contribution in [2.75, 3.05) is 11.5 Å². The first kappa shape index (κ1) is 15.9. The van der Waals surface area contributed by atoms with Crippen LogP contribution in [0.1, 0.15) is 30.5 Å². The Labute approximate surface area is 140 Å². The van der Waals surface area contributed by atoms with Gasteiger partial charge < -0.3 is 4.74 Å². The van der Waals surface area contributed by atoms with Crippen LogP contribution in [-0.2, 0) is 14.3 Å². The van der Waals surface area contributed by atoms with Crippen LogP contribution in [0.25, 0.3) is 11.3 Å². The Bertz CT molecular complexity index is 841. The standard InChI is InChI=1S/C19H18N2O3/c1-4-24-17(14-8-6-5-7-9-14)16-15-12(2)10-11-20-18(15)21(13(3)22)19(16)23/h5-11H,4H2,1-3H3/b17-16+. The predicted molar refractivity (Wildman–Crippen MR) is 92.0 cm³/mol. The third-order valence-electron chi connectivity index (χ3n) is 3.88. The first-order valence-corrected chi connectivity index (χ1v) is 7.79. The van der Waals surface area contributed by atoms with Crippen LogP contribution in [0.3, 0.4) is 0 Å². The van der Waals surface area contributed by atoms with Crippen molar-refractivity contribution in [2.45, 2.75) is 20.8 Å². The Morgan fingerprint density at radius 2 is 1.92 bits per heavy atom. The van der Waals surface area contributed by atoms with Crippen LogP contribution in [0, 0.1) is 6.92 Å². The number of hydrogen-bond acceptors (Lipinski definition) is 4. The van der Waals surface area contributed by atoms with Gasteiger partial charge >= 0.3 is 0 Å². The number of carbonyl (C=O) groups excluding carboxylic acids is 2. The number of rotatable bonds is 3. The summed E-state index contributed by atoms with van der Waals surface area (Å²) in [6.07, 6.45) is 1.60. The van der Waals surface area contributed by atoms with Crippen molar-refractivity contribution >= 4 is 29.0 Å². The Kier molecular flexibility index (Phi) is 4.16. The number of amides is 2. The molecule has 0 spiro atoms. The van der Waals surface area contributed by atoms with Crippen molar-refractivity contribution in [3.05, 3.63) is 59.3 Å². The number of hydrogen-bond donors (Lipinski definition) is 0. The second-order valence-corrected chi connectivity index (χ2v) is 5.49. The van der Waals surface area contributed by atoms with Gasteiger partial charge in [0, 0.05) is 24.2 Å². The zero-order valence-corrected chi connectivity index (χ0v) is 13.9. The van der Waals surface area contributed by atoms with Crippen molar-refractivity contribution in [1.29, 1.82) is 0 Å². The summed E-state index contributed by atoms with van der Waals surface area (Å²) < 4.78 is 5.82. The monoisotopic (exact) mass is 322 g/mol. The molecule has 0 aliphatic carbocycles. The SMILES string of the molecule is CCO/C(=C1/C(=O)N(C(C)=O)c2nccc(C)c21)c1ccccc1. The van der Waals surface area contributed by atoms with E-state index in [1.165, 1.54) is 6.92 Å². The summed E-state index contributed by atoms with van der Waals surface area (Å²) in [7, 11) is 0. The van der Waals surface area contributed by atoms with Crippen molar-refractivity contribution < 1.29 is 14.3 Å². The molecule has 0 bridgehead atoms. The first-order valence-electron chi connectivity index (χ1n) is 7.79. The van der Waals surface area contributed by atoms with E-state index in [0.717, 1.165) is 16.0 Å². The number of ether oxygens (including phenoxy) is 1. The summed E-state index contributed by atoms with van der Waals surface area (Å²) in [4.78, 5) is 30.3. The average Bonchev–Trinajstić information content (AvgIpc) is 2.87. The molecular formula is C19H18N2O3. The topological polar surface area (TPSA) is 59.5 Å². The molecule has 2 aromatic rings. The molecule has 3 rings (SSSR count). The Hall–Kier alpha value is -2.95. The lowest BCUT2D eigenvalue weighted by atomic mass is 10.00. The molecule has 0 fully saturated rings. The van der Waals surface area contributed by atoms with Crippen LogP contribution in [0.4, 0.5) is 5.82 Å². The zero-order chi connectivity index (χ0) is 17.3. The molecule has 2 amide bonds. The van der Waals surface area contributed by atoms with Crippen LogP contribution >= 0.6 is 0 Å². The number of benzene rings is 1. The normalized spacial score (nSPS) is 15.3. The van der Waals surface area contributed by atoms with E-state index in [1.807, 2.05) is 50.2 Å². The third kappa shape index (κ3) is 2.48. The molecule has 0 radical (unpaired) electrons. The number of carbonyl (C=O) groups is 2. The molecule has 0 atom stereocenters. The highest BCUT2D eigenvalue weighted by Crippen LogP contribution is 2.41. The van der Waals surface area contributed by atoms with Crippen LogP contribution in [0.2, 0.25) is 0 Å². The number of pyridine rings is 1. The molecule has 0 N–H and O–H groups in total. The fourth-order valence-electron chi connectivity index (χ4n) is 2.87. The first-order chi connectivity index (χ1) is 11.6. The lowest BCUT2D eigenvalue weighted by Gasteiger charge is -2.13. The summed E-state index contributed by atoms with van der Waals surface area (Å²) >= 11 is 0. The molecule has 5 heteroatoms. The highest BCUT2D eigenvalue weighted by molar-refractivity contribution is 6.42. The maximum atomic E-state index is 13.0. The van der Waals surface area contributed by atoms with E-state index in [2.05, 4.69) is 4.98 Å². The summed E-state index contributed by atoms with van der Waals surface area (Å²) in [5, 5.41) is 0. The van der Waals surface area contributed by atoms with E-state index in [-0.39, 0.29) is 5.91 Å². The molecule has 0 saturated heterocycles. The van der Waals surface area contributed by atoms with E-state index in [9.17, 15) is 9.59 Å². The van der Waals surface area contributed by atoms with E-state index >= 15 is 0 Å². The molecule has 1 aliphatic rings. The molecular weight excluding hydrogens is 304 g/mol. The number of imide groups is 1. The van der Waals surface area contributed by atoms with Gasteiger partial charge in [0.25, 0.3) is 5.91 Å². The van der Waals surface area contributed by atoms with Crippen LogP contribution < -0.4 is 4.90 Å². The molecule has 1 aliphatic heterocycles. The Morgan fingerprint density at radius 1 is 1.21 bits per heavy atom. The van der Waals surface area contributed by atoms with E-state index < -0.39 is 5.91 Å². The average molecular weight is 322 g/mol. The van der Waals surface area contributed by atoms with Gasteiger partial charge in [0.2, 0.25) is 5.91 Å². The Morgan fingerprint density at radius 3 is 2.54 bits per heavy atom. The van der Waals surface area contributed by atoms with Crippen LogP contribution in [-0.4, -0.2) is 23.4 Å². The van der Waals surface area contributed by atoms with Gasteiger partial charge in [-0.2, -0.15) is 0 Å². The number of aryl methyl sites for hydroxylation is 1. The predicted octanol–water partition coefficient (Wildman–Crippen LogP) is 3.19. The van der Waals surface area contributed by atoms with Gasteiger partial charge in [-0.15, -0.1) is 0 Å². The maximum Gasteiger partial charge on any atom is 0.270 e. The molecule has 1 aromatic carbocycles. The zero-order valence-electron chi connectivity index (χ0n) is 13.9. The van der Waals surface area contributed by atoms with E-state index in [0.29, 0.717) is 29.3 Å². The minimum absolute atomic E-state index is 0.363. The van der Waals surface area contributed by atoms with Crippen molar-refractivity contribution in [2.24, 2.45) is 0 Å². The van der Waals surface area contributed by atoms with Crippen molar-refractivity contribution in [1.82, 2.24) is 4.98 Å². The Balaban J connectivity index is 2.33. The molecule has 122 valence electrons. The maximum absolute atomic E-state index is 13.0. The second kappa shape index (κ2) is 6.28. The minimum atomic E-state index is -0.397. The lowest BCUT2D eigenvalue weighted by Crippen LogP contribution is -2.31. The van der Waals surface area contributed by atoms with E-state index in [4.69, 9.17) is 4.74 Å².